The summed E-state index contributed by atoms with van der Waals surface area (Å²) in [4.78, 5) is 7.34. The predicted molar refractivity (Wildman–Crippen MR) is 183 cm³/mol. The van der Waals surface area contributed by atoms with Gasteiger partial charge >= 0.3 is 0 Å². The van der Waals surface area contributed by atoms with E-state index in [4.69, 9.17) is 18.6 Å². The molecule has 3 aromatic carbocycles. The third-order valence-corrected chi connectivity index (χ3v) is 14.3. The van der Waals surface area contributed by atoms with Crippen LogP contribution in [0.2, 0.25) is 18.1 Å². The molecule has 10 heteroatoms. The number of ether oxygens (including phenoxy) is 1. The molecule has 5 aromatic rings. The minimum Gasteiger partial charge on any atom is -0.493 e. The summed E-state index contributed by atoms with van der Waals surface area (Å²) in [6.07, 6.45) is 5.27. The summed E-state index contributed by atoms with van der Waals surface area (Å²) in [5, 5.41) is 8.38. The highest BCUT2D eigenvalue weighted by molar-refractivity contribution is 6.74. The van der Waals surface area contributed by atoms with Crippen LogP contribution in [-0.2, 0) is 18.0 Å². The predicted octanol–water partition coefficient (Wildman–Crippen LogP) is 8.48. The van der Waals surface area contributed by atoms with E-state index in [1.54, 1.807) is 24.1 Å². The molecule has 0 radical (unpaired) electrons. The van der Waals surface area contributed by atoms with Crippen LogP contribution >= 0.6 is 0 Å². The average molecular weight is 642 g/mol. The third-order valence-electron chi connectivity index (χ3n) is 9.76. The van der Waals surface area contributed by atoms with Crippen molar-refractivity contribution in [1.82, 2.24) is 24.6 Å². The number of likely N-dealkylation sites (N-methyl/N-ethyl adjacent to an activating group) is 1. The normalized spacial score (nSPS) is 17.3. The molecule has 242 valence electrons. The topological polar surface area (TPSA) is 78.4 Å². The molecule has 1 unspecified atom stereocenters. The lowest BCUT2D eigenvalue weighted by Gasteiger charge is -2.41. The Bertz CT molecular complexity index is 1860. The van der Waals surface area contributed by atoms with Gasteiger partial charge in [0.2, 0.25) is 5.89 Å². The molecule has 46 heavy (non-hydrogen) atoms. The van der Waals surface area contributed by atoms with E-state index in [1.807, 2.05) is 31.3 Å². The number of halogens is 1. The zero-order valence-electron chi connectivity index (χ0n) is 28.1. The standard InChI is InChI=1S/C36H44FN5O3Si/c1-36(2,3)46(7,8)45-31-14-10-13-30(31)41(4)21-23-17-29-33(32(18-23)43-6)44-35(39-29)25-12-9-11-24(19-25)27-16-15-26(37)20-28(27)34-40-38-22-42(34)5/h9,11-12,15-20,22,30-31H,10,13-14,21H2,1-8H3/t30-,31?/m1/s1. The summed E-state index contributed by atoms with van der Waals surface area (Å²) in [7, 11) is 3.82. The number of nitrogens with zero attached hydrogens (tertiary/aromatic N) is 5. The van der Waals surface area contributed by atoms with Crippen molar-refractivity contribution in [3.05, 3.63) is 72.3 Å². The van der Waals surface area contributed by atoms with Gasteiger partial charge in [0, 0.05) is 30.8 Å². The second-order valence-electron chi connectivity index (χ2n) is 14.0. The van der Waals surface area contributed by atoms with Gasteiger partial charge in [0.15, 0.2) is 25.5 Å². The number of rotatable bonds is 9. The molecule has 0 amide bonds. The van der Waals surface area contributed by atoms with Crippen LogP contribution in [0.15, 0.2) is 65.3 Å². The van der Waals surface area contributed by atoms with Gasteiger partial charge in [0.05, 0.1) is 13.2 Å². The van der Waals surface area contributed by atoms with Crippen molar-refractivity contribution in [2.45, 2.75) is 76.9 Å². The molecule has 2 atom stereocenters. The molecule has 0 aliphatic heterocycles. The van der Waals surface area contributed by atoms with Crippen molar-refractivity contribution in [3.63, 3.8) is 0 Å². The molecule has 6 rings (SSSR count). The molecule has 0 saturated heterocycles. The molecular weight excluding hydrogens is 598 g/mol. The second kappa shape index (κ2) is 12.4. The van der Waals surface area contributed by atoms with Crippen molar-refractivity contribution in [1.29, 1.82) is 0 Å². The van der Waals surface area contributed by atoms with Crippen molar-refractivity contribution < 1.29 is 18.0 Å². The first-order valence-electron chi connectivity index (χ1n) is 15.9. The van der Waals surface area contributed by atoms with Gasteiger partial charge in [-0.05, 0) is 97.5 Å². The number of hydrogen-bond acceptors (Lipinski definition) is 7. The molecule has 0 bridgehead atoms. The van der Waals surface area contributed by atoms with E-state index in [9.17, 15) is 4.39 Å². The van der Waals surface area contributed by atoms with Crippen LogP contribution in [0.1, 0.15) is 45.6 Å². The fraction of sp³-hybridized carbons (Fsp3) is 0.417. The minimum absolute atomic E-state index is 0.180. The molecular formula is C36H44FN5O3Si. The van der Waals surface area contributed by atoms with Gasteiger partial charge in [-0.1, -0.05) is 39.0 Å². The van der Waals surface area contributed by atoms with E-state index in [-0.39, 0.29) is 17.0 Å². The quantitative estimate of drug-likeness (QED) is 0.149. The van der Waals surface area contributed by atoms with Crippen molar-refractivity contribution in [3.8, 4) is 39.7 Å². The van der Waals surface area contributed by atoms with Crippen LogP contribution in [-0.4, -0.2) is 59.3 Å². The first-order chi connectivity index (χ1) is 21.8. The molecule has 1 aliphatic rings. The average Bonchev–Trinajstić information content (AvgIpc) is 3.76. The Balaban J connectivity index is 1.28. The Morgan fingerprint density at radius 2 is 1.83 bits per heavy atom. The maximum Gasteiger partial charge on any atom is 0.227 e. The molecule has 0 spiro atoms. The first-order valence-corrected chi connectivity index (χ1v) is 18.9. The van der Waals surface area contributed by atoms with Gasteiger partial charge in [0.1, 0.15) is 17.7 Å². The van der Waals surface area contributed by atoms with Crippen LogP contribution in [0.4, 0.5) is 4.39 Å². The fourth-order valence-electron chi connectivity index (χ4n) is 6.23. The molecule has 2 aromatic heterocycles. The first kappa shape index (κ1) is 32.1. The molecule has 8 nitrogen and oxygen atoms in total. The number of benzene rings is 3. The van der Waals surface area contributed by atoms with E-state index in [0.717, 1.165) is 47.2 Å². The third kappa shape index (κ3) is 6.26. The van der Waals surface area contributed by atoms with E-state index < -0.39 is 8.32 Å². The van der Waals surface area contributed by atoms with Crippen LogP contribution in [0.25, 0.3) is 45.1 Å². The van der Waals surface area contributed by atoms with Gasteiger partial charge in [-0.3, -0.25) is 4.90 Å². The van der Waals surface area contributed by atoms with Crippen LogP contribution in [0.5, 0.6) is 5.75 Å². The number of oxazole rings is 1. The lowest BCUT2D eigenvalue weighted by Crippen LogP contribution is -2.48. The maximum atomic E-state index is 14.3. The Labute approximate surface area is 271 Å². The number of methoxy groups -OCH3 is 1. The number of fused-ring (bicyclic) bond motifs is 1. The lowest BCUT2D eigenvalue weighted by molar-refractivity contribution is 0.0897. The number of aryl methyl sites for hydroxylation is 1. The zero-order valence-corrected chi connectivity index (χ0v) is 29.1. The Morgan fingerprint density at radius 1 is 1.04 bits per heavy atom. The SMILES string of the molecule is COc1cc(CN(C)[C@@H]2CCCC2O[Si](C)(C)C(C)(C)C)cc2nc(-c3cccc(-c4ccc(F)cc4-c4nncn4C)c3)oc12. The summed E-state index contributed by atoms with van der Waals surface area (Å²) in [6.45, 7) is 12.3. The Morgan fingerprint density at radius 3 is 2.54 bits per heavy atom. The molecule has 1 fully saturated rings. The minimum atomic E-state index is -1.87. The summed E-state index contributed by atoms with van der Waals surface area (Å²) < 4.78 is 35.1. The summed E-state index contributed by atoms with van der Waals surface area (Å²) in [6, 6.07) is 17.1. The number of aromatic nitrogens is 4. The largest absolute Gasteiger partial charge is 0.493 e. The highest BCUT2D eigenvalue weighted by Gasteiger charge is 2.42. The van der Waals surface area contributed by atoms with Crippen LogP contribution < -0.4 is 4.74 Å². The fourth-order valence-corrected chi connectivity index (χ4v) is 7.62. The van der Waals surface area contributed by atoms with Crippen LogP contribution in [0, 0.1) is 5.82 Å². The highest BCUT2D eigenvalue weighted by Crippen LogP contribution is 2.41. The van der Waals surface area contributed by atoms with E-state index in [1.165, 1.54) is 18.6 Å². The van der Waals surface area contributed by atoms with Gasteiger partial charge in [-0.25, -0.2) is 9.37 Å². The second-order valence-corrected chi connectivity index (χ2v) is 18.8. The molecule has 2 heterocycles. The summed E-state index contributed by atoms with van der Waals surface area (Å²) in [5.41, 5.74) is 5.64. The molecule has 1 aliphatic carbocycles. The maximum absolute atomic E-state index is 14.3. The Hall–Kier alpha value is -3.86. The molecule has 1 saturated carbocycles. The van der Waals surface area contributed by atoms with E-state index in [0.29, 0.717) is 34.7 Å². The van der Waals surface area contributed by atoms with Crippen molar-refractivity contribution in [2.75, 3.05) is 14.2 Å². The highest BCUT2D eigenvalue weighted by atomic mass is 28.4. The lowest BCUT2D eigenvalue weighted by atomic mass is 9.97. The van der Waals surface area contributed by atoms with Crippen molar-refractivity contribution in [2.24, 2.45) is 7.05 Å². The van der Waals surface area contributed by atoms with Gasteiger partial charge in [-0.15, -0.1) is 10.2 Å². The summed E-state index contributed by atoms with van der Waals surface area (Å²) in [5.74, 6) is 1.39. The number of hydrogen-bond donors (Lipinski definition) is 0. The van der Waals surface area contributed by atoms with E-state index >= 15 is 0 Å². The van der Waals surface area contributed by atoms with E-state index in [2.05, 4.69) is 68.1 Å². The zero-order chi connectivity index (χ0) is 32.8. The summed E-state index contributed by atoms with van der Waals surface area (Å²) >= 11 is 0. The smallest absolute Gasteiger partial charge is 0.227 e. The van der Waals surface area contributed by atoms with Crippen LogP contribution in [0.3, 0.4) is 0 Å². The van der Waals surface area contributed by atoms with Gasteiger partial charge in [0.25, 0.3) is 0 Å². The Kier molecular flexibility index (Phi) is 8.64. The van der Waals surface area contributed by atoms with Gasteiger partial charge in [-0.2, -0.15) is 0 Å². The molecule has 0 N–H and O–H groups in total. The van der Waals surface area contributed by atoms with Crippen molar-refractivity contribution >= 4 is 19.4 Å². The van der Waals surface area contributed by atoms with Gasteiger partial charge < -0.3 is 18.1 Å². The monoisotopic (exact) mass is 641 g/mol.